The van der Waals surface area contributed by atoms with Gasteiger partial charge < -0.3 is 15.4 Å². The molecule has 2 N–H and O–H groups in total. The van der Waals surface area contributed by atoms with E-state index < -0.39 is 0 Å². The molecule has 0 amide bonds. The first-order chi connectivity index (χ1) is 9.36. The van der Waals surface area contributed by atoms with Crippen LogP contribution in [0.1, 0.15) is 32.1 Å². The van der Waals surface area contributed by atoms with Crippen LogP contribution < -0.4 is 5.73 Å². The van der Waals surface area contributed by atoms with Crippen molar-refractivity contribution in [3.8, 4) is 0 Å². The Morgan fingerprint density at radius 3 is 2.40 bits per heavy atom. The smallest absolute Gasteiger partial charge is 0.191 e. The van der Waals surface area contributed by atoms with Crippen molar-refractivity contribution in [1.29, 1.82) is 0 Å². The van der Waals surface area contributed by atoms with Gasteiger partial charge in [-0.1, -0.05) is 0 Å². The Morgan fingerprint density at radius 1 is 1.00 bits per heavy atom. The van der Waals surface area contributed by atoms with E-state index in [0.717, 1.165) is 58.3 Å². The quantitative estimate of drug-likeness (QED) is 0.331. The van der Waals surface area contributed by atoms with E-state index in [1.54, 1.807) is 0 Å². The zero-order valence-corrected chi connectivity index (χ0v) is 14.8. The lowest BCUT2D eigenvalue weighted by molar-refractivity contribution is 0.0373. The summed E-state index contributed by atoms with van der Waals surface area (Å²) >= 11 is 0. The number of ether oxygens (including phenoxy) is 1. The van der Waals surface area contributed by atoms with Crippen molar-refractivity contribution in [2.24, 2.45) is 10.7 Å². The molecule has 20 heavy (non-hydrogen) atoms. The fourth-order valence-electron chi connectivity index (χ4n) is 2.69. The van der Waals surface area contributed by atoms with Crippen LogP contribution in [-0.4, -0.2) is 68.2 Å². The molecule has 0 bridgehead atoms. The number of unbranched alkanes of at least 4 members (excludes halogenated alkanes) is 1. The Morgan fingerprint density at radius 2 is 1.70 bits per heavy atom. The third-order valence-corrected chi connectivity index (χ3v) is 3.94. The highest BCUT2D eigenvalue weighted by Crippen LogP contribution is 2.08. The van der Waals surface area contributed by atoms with E-state index in [4.69, 9.17) is 10.5 Å². The summed E-state index contributed by atoms with van der Waals surface area (Å²) in [6.07, 6.45) is 6.19. The predicted molar refractivity (Wildman–Crippen MR) is 93.8 cm³/mol. The SMILES string of the molecule is I.NC(=NCCCCN1CCOCC1)N1CCCCC1. The van der Waals surface area contributed by atoms with Crippen molar-refractivity contribution in [2.75, 3.05) is 52.5 Å². The molecule has 6 heteroatoms. The molecule has 2 aliphatic rings. The second kappa shape index (κ2) is 10.6. The summed E-state index contributed by atoms with van der Waals surface area (Å²) < 4.78 is 5.34. The van der Waals surface area contributed by atoms with Gasteiger partial charge in [-0.2, -0.15) is 0 Å². The lowest BCUT2D eigenvalue weighted by Crippen LogP contribution is -2.41. The standard InChI is InChI=1S/C14H28N4O.HI/c15-14(18-8-3-1-4-9-18)16-6-2-5-7-17-10-12-19-13-11-17;/h1-13H2,(H2,15,16);1H. The van der Waals surface area contributed by atoms with Gasteiger partial charge in [0.05, 0.1) is 13.2 Å². The van der Waals surface area contributed by atoms with E-state index in [0.29, 0.717) is 0 Å². The minimum atomic E-state index is 0. The van der Waals surface area contributed by atoms with Gasteiger partial charge >= 0.3 is 0 Å². The monoisotopic (exact) mass is 396 g/mol. The summed E-state index contributed by atoms with van der Waals surface area (Å²) in [6, 6.07) is 0. The van der Waals surface area contributed by atoms with Gasteiger partial charge in [0, 0.05) is 32.7 Å². The fraction of sp³-hybridized carbons (Fsp3) is 0.929. The molecule has 0 spiro atoms. The molecular weight excluding hydrogens is 367 g/mol. The molecule has 0 aromatic carbocycles. The number of nitrogens with two attached hydrogens (primary N) is 1. The first-order valence-corrected chi connectivity index (χ1v) is 7.71. The first-order valence-electron chi connectivity index (χ1n) is 7.71. The van der Waals surface area contributed by atoms with E-state index >= 15 is 0 Å². The van der Waals surface area contributed by atoms with E-state index in [1.807, 2.05) is 0 Å². The molecule has 2 heterocycles. The number of aliphatic imine (C=N–C) groups is 1. The zero-order chi connectivity index (χ0) is 13.3. The van der Waals surface area contributed by atoms with Crippen LogP contribution in [0.3, 0.4) is 0 Å². The number of rotatable bonds is 5. The van der Waals surface area contributed by atoms with E-state index in [-0.39, 0.29) is 24.0 Å². The van der Waals surface area contributed by atoms with Gasteiger partial charge in [0.2, 0.25) is 0 Å². The average Bonchev–Trinajstić information content (AvgIpc) is 2.49. The maximum atomic E-state index is 6.02. The van der Waals surface area contributed by atoms with Crippen LogP contribution in [-0.2, 0) is 4.74 Å². The Labute approximate surface area is 139 Å². The molecule has 118 valence electrons. The maximum Gasteiger partial charge on any atom is 0.191 e. The van der Waals surface area contributed by atoms with Crippen molar-refractivity contribution < 1.29 is 4.74 Å². The van der Waals surface area contributed by atoms with Gasteiger partial charge in [-0.15, -0.1) is 24.0 Å². The Balaban J connectivity index is 0.00000200. The molecule has 0 radical (unpaired) electrons. The normalized spacial score (nSPS) is 21.6. The molecule has 2 saturated heterocycles. The van der Waals surface area contributed by atoms with Gasteiger partial charge in [-0.05, 0) is 38.6 Å². The molecule has 0 aromatic heterocycles. The lowest BCUT2D eigenvalue weighted by atomic mass is 10.1. The maximum absolute atomic E-state index is 6.02. The topological polar surface area (TPSA) is 54.1 Å². The summed E-state index contributed by atoms with van der Waals surface area (Å²) in [4.78, 5) is 9.21. The molecule has 2 rings (SSSR count). The number of nitrogens with zero attached hydrogens (tertiary/aromatic N) is 3. The lowest BCUT2D eigenvalue weighted by Gasteiger charge is -2.27. The van der Waals surface area contributed by atoms with Crippen LogP contribution in [0.2, 0.25) is 0 Å². The average molecular weight is 396 g/mol. The number of guanidine groups is 1. The summed E-state index contributed by atoms with van der Waals surface area (Å²) in [5.74, 6) is 0.756. The Bertz CT molecular complexity index is 276. The number of morpholine rings is 1. The first kappa shape index (κ1) is 18.0. The molecule has 0 saturated carbocycles. The van der Waals surface area contributed by atoms with Crippen molar-refractivity contribution >= 4 is 29.9 Å². The molecule has 0 unspecified atom stereocenters. The molecule has 0 atom stereocenters. The van der Waals surface area contributed by atoms with Crippen LogP contribution in [0.15, 0.2) is 4.99 Å². The number of hydrogen-bond donors (Lipinski definition) is 1. The molecule has 0 aliphatic carbocycles. The van der Waals surface area contributed by atoms with Gasteiger partial charge in [-0.25, -0.2) is 0 Å². The third kappa shape index (κ3) is 6.58. The summed E-state index contributed by atoms with van der Waals surface area (Å²) in [7, 11) is 0. The summed E-state index contributed by atoms with van der Waals surface area (Å²) in [5.41, 5.74) is 6.02. The van der Waals surface area contributed by atoms with Gasteiger partial charge in [0.1, 0.15) is 0 Å². The largest absolute Gasteiger partial charge is 0.379 e. The molecule has 2 fully saturated rings. The second-order valence-corrected chi connectivity index (χ2v) is 5.45. The van der Waals surface area contributed by atoms with Crippen LogP contribution in [0.5, 0.6) is 0 Å². The molecule has 0 aromatic rings. The number of halogens is 1. The van der Waals surface area contributed by atoms with Crippen LogP contribution in [0.25, 0.3) is 0 Å². The van der Waals surface area contributed by atoms with E-state index in [9.17, 15) is 0 Å². The van der Waals surface area contributed by atoms with Crippen molar-refractivity contribution in [2.45, 2.75) is 32.1 Å². The highest BCUT2D eigenvalue weighted by molar-refractivity contribution is 14.0. The van der Waals surface area contributed by atoms with E-state index in [2.05, 4.69) is 14.8 Å². The van der Waals surface area contributed by atoms with Crippen molar-refractivity contribution in [1.82, 2.24) is 9.80 Å². The van der Waals surface area contributed by atoms with Crippen LogP contribution >= 0.6 is 24.0 Å². The highest BCUT2D eigenvalue weighted by Gasteiger charge is 2.11. The Kier molecular flexibility index (Phi) is 9.54. The molecule has 5 nitrogen and oxygen atoms in total. The highest BCUT2D eigenvalue weighted by atomic mass is 127. The summed E-state index contributed by atoms with van der Waals surface area (Å²) in [5, 5.41) is 0. The minimum absolute atomic E-state index is 0. The second-order valence-electron chi connectivity index (χ2n) is 5.45. The third-order valence-electron chi connectivity index (χ3n) is 3.94. The van der Waals surface area contributed by atoms with E-state index in [1.165, 1.54) is 32.2 Å². The minimum Gasteiger partial charge on any atom is -0.379 e. The van der Waals surface area contributed by atoms with Gasteiger partial charge in [0.15, 0.2) is 5.96 Å². The van der Waals surface area contributed by atoms with Crippen molar-refractivity contribution in [3.63, 3.8) is 0 Å². The number of hydrogen-bond acceptors (Lipinski definition) is 3. The number of piperidine rings is 1. The number of likely N-dealkylation sites (tertiary alicyclic amines) is 1. The Hall–Kier alpha value is -0.0800. The molecular formula is C14H29IN4O. The van der Waals surface area contributed by atoms with Crippen LogP contribution in [0.4, 0.5) is 0 Å². The van der Waals surface area contributed by atoms with Gasteiger partial charge in [0.25, 0.3) is 0 Å². The predicted octanol–water partition coefficient (Wildman–Crippen LogP) is 1.52. The van der Waals surface area contributed by atoms with Crippen molar-refractivity contribution in [3.05, 3.63) is 0 Å². The zero-order valence-electron chi connectivity index (χ0n) is 12.4. The summed E-state index contributed by atoms with van der Waals surface area (Å²) in [6.45, 7) is 8.15. The van der Waals surface area contributed by atoms with Gasteiger partial charge in [-0.3, -0.25) is 9.89 Å². The fourth-order valence-corrected chi connectivity index (χ4v) is 2.69. The molecule has 2 aliphatic heterocycles. The van der Waals surface area contributed by atoms with Crippen LogP contribution in [0, 0.1) is 0 Å².